The summed E-state index contributed by atoms with van der Waals surface area (Å²) in [5, 5.41) is 3.40. The second kappa shape index (κ2) is 8.47. The Kier molecular flexibility index (Phi) is 5.61. The Bertz CT molecular complexity index is 765. The summed E-state index contributed by atoms with van der Waals surface area (Å²) in [6.45, 7) is 3.83. The third-order valence-corrected chi connectivity index (χ3v) is 5.67. The highest BCUT2D eigenvalue weighted by atomic mass is 16.2. The van der Waals surface area contributed by atoms with Crippen molar-refractivity contribution in [1.29, 1.82) is 0 Å². The van der Waals surface area contributed by atoms with Crippen LogP contribution in [-0.4, -0.2) is 32.1 Å². The number of carbonyl (C=O) groups excluding carboxylic acids is 1. The van der Waals surface area contributed by atoms with Gasteiger partial charge in [-0.2, -0.15) is 0 Å². The number of hydrogen-bond donors (Lipinski definition) is 1. The molecule has 2 aromatic carbocycles. The molecular weight excluding hydrogens is 334 g/mol. The van der Waals surface area contributed by atoms with Crippen LogP contribution in [-0.2, 0) is 11.2 Å². The number of rotatable bonds is 5. The zero-order chi connectivity index (χ0) is 18.5. The second-order valence-corrected chi connectivity index (χ2v) is 7.55. The van der Waals surface area contributed by atoms with E-state index in [4.69, 9.17) is 0 Å². The van der Waals surface area contributed by atoms with Gasteiger partial charge in [0.25, 0.3) is 0 Å². The molecule has 0 bridgehead atoms. The summed E-state index contributed by atoms with van der Waals surface area (Å²) in [5.41, 5.74) is 4.78. The van der Waals surface area contributed by atoms with Gasteiger partial charge in [-0.15, -0.1) is 0 Å². The zero-order valence-electron chi connectivity index (χ0n) is 16.0. The summed E-state index contributed by atoms with van der Waals surface area (Å²) in [6.07, 6.45) is 6.58. The van der Waals surface area contributed by atoms with E-state index in [0.29, 0.717) is 13.0 Å². The fourth-order valence-corrected chi connectivity index (χ4v) is 4.18. The number of amides is 1. The lowest BCUT2D eigenvalue weighted by Gasteiger charge is -2.29. The van der Waals surface area contributed by atoms with E-state index in [1.165, 1.54) is 43.6 Å². The van der Waals surface area contributed by atoms with E-state index in [1.807, 2.05) is 11.0 Å². The maximum Gasteiger partial charge on any atom is 0.228 e. The zero-order valence-corrected chi connectivity index (χ0v) is 16.0. The Balaban J connectivity index is 1.29. The quantitative estimate of drug-likeness (QED) is 0.852. The first-order chi connectivity index (χ1) is 13.3. The van der Waals surface area contributed by atoms with E-state index in [9.17, 15) is 4.79 Å². The van der Waals surface area contributed by atoms with E-state index >= 15 is 0 Å². The van der Waals surface area contributed by atoms with E-state index in [-0.39, 0.29) is 5.91 Å². The van der Waals surface area contributed by atoms with Gasteiger partial charge in [0.15, 0.2) is 0 Å². The summed E-state index contributed by atoms with van der Waals surface area (Å²) >= 11 is 0. The van der Waals surface area contributed by atoms with Gasteiger partial charge in [0, 0.05) is 49.7 Å². The summed E-state index contributed by atoms with van der Waals surface area (Å²) in [4.78, 5) is 17.1. The van der Waals surface area contributed by atoms with Gasteiger partial charge in [0.1, 0.15) is 0 Å². The maximum absolute atomic E-state index is 12.7. The Morgan fingerprint density at radius 3 is 2.48 bits per heavy atom. The normalized spacial score (nSPS) is 16.7. The van der Waals surface area contributed by atoms with Crippen molar-refractivity contribution >= 4 is 23.0 Å². The number of para-hydroxylation sites is 1. The number of carbonyl (C=O) groups is 1. The van der Waals surface area contributed by atoms with E-state index in [1.54, 1.807) is 0 Å². The number of nitrogens with one attached hydrogen (secondary N) is 1. The molecule has 0 unspecified atom stereocenters. The Morgan fingerprint density at radius 2 is 1.67 bits per heavy atom. The SMILES string of the molecule is O=C(CCNc1ccc(N2CCCCC2)cc1)N1CCCc2ccccc21. The van der Waals surface area contributed by atoms with Crippen LogP contribution in [0.3, 0.4) is 0 Å². The van der Waals surface area contributed by atoms with Crippen LogP contribution < -0.4 is 15.1 Å². The van der Waals surface area contributed by atoms with Gasteiger partial charge < -0.3 is 15.1 Å². The maximum atomic E-state index is 12.7. The molecule has 0 spiro atoms. The van der Waals surface area contributed by atoms with Gasteiger partial charge in [-0.25, -0.2) is 0 Å². The number of nitrogens with zero attached hydrogens (tertiary/aromatic N) is 2. The smallest absolute Gasteiger partial charge is 0.228 e. The molecule has 0 aromatic heterocycles. The first-order valence-electron chi connectivity index (χ1n) is 10.3. The fraction of sp³-hybridized carbons (Fsp3) is 0.435. The Morgan fingerprint density at radius 1 is 0.889 bits per heavy atom. The summed E-state index contributed by atoms with van der Waals surface area (Å²) in [5.74, 6) is 0.208. The van der Waals surface area contributed by atoms with Gasteiger partial charge in [-0.1, -0.05) is 18.2 Å². The highest BCUT2D eigenvalue weighted by Gasteiger charge is 2.21. The lowest BCUT2D eigenvalue weighted by molar-refractivity contribution is -0.118. The minimum absolute atomic E-state index is 0.208. The van der Waals surface area contributed by atoms with Crippen LogP contribution in [0.4, 0.5) is 17.1 Å². The predicted octanol–water partition coefficient (Wildman–Crippen LogP) is 4.46. The average Bonchev–Trinajstić information content (AvgIpc) is 2.74. The molecule has 0 aliphatic carbocycles. The third kappa shape index (κ3) is 4.26. The molecule has 0 radical (unpaired) electrons. The van der Waals surface area contributed by atoms with Crippen molar-refractivity contribution in [2.75, 3.05) is 41.3 Å². The van der Waals surface area contributed by atoms with Crippen molar-refractivity contribution < 1.29 is 4.79 Å². The van der Waals surface area contributed by atoms with E-state index in [0.717, 1.165) is 30.8 Å². The van der Waals surface area contributed by atoms with E-state index in [2.05, 4.69) is 52.7 Å². The molecule has 1 amide bonds. The molecule has 4 rings (SSSR count). The van der Waals surface area contributed by atoms with Gasteiger partial charge in [0.05, 0.1) is 0 Å². The lowest BCUT2D eigenvalue weighted by Crippen LogP contribution is -2.36. The first kappa shape index (κ1) is 17.9. The summed E-state index contributed by atoms with van der Waals surface area (Å²) < 4.78 is 0. The molecule has 2 aliphatic rings. The van der Waals surface area contributed by atoms with E-state index < -0.39 is 0 Å². The monoisotopic (exact) mass is 363 g/mol. The molecule has 27 heavy (non-hydrogen) atoms. The molecule has 1 fully saturated rings. The van der Waals surface area contributed by atoms with Gasteiger partial charge in [0.2, 0.25) is 5.91 Å². The van der Waals surface area contributed by atoms with Crippen molar-refractivity contribution in [2.24, 2.45) is 0 Å². The van der Waals surface area contributed by atoms with Gasteiger partial charge in [-0.05, 0) is 68.0 Å². The molecule has 2 aliphatic heterocycles. The van der Waals surface area contributed by atoms with Crippen molar-refractivity contribution in [3.05, 3.63) is 54.1 Å². The number of benzene rings is 2. The molecule has 2 heterocycles. The highest BCUT2D eigenvalue weighted by Crippen LogP contribution is 2.27. The topological polar surface area (TPSA) is 35.6 Å². The predicted molar refractivity (Wildman–Crippen MR) is 113 cm³/mol. The average molecular weight is 364 g/mol. The van der Waals surface area contributed by atoms with Crippen LogP contribution >= 0.6 is 0 Å². The minimum Gasteiger partial charge on any atom is -0.385 e. The summed E-state index contributed by atoms with van der Waals surface area (Å²) in [6, 6.07) is 16.9. The number of piperidine rings is 1. The summed E-state index contributed by atoms with van der Waals surface area (Å²) in [7, 11) is 0. The second-order valence-electron chi connectivity index (χ2n) is 7.55. The Labute approximate surface area is 162 Å². The van der Waals surface area contributed by atoms with Crippen molar-refractivity contribution in [1.82, 2.24) is 0 Å². The van der Waals surface area contributed by atoms with Crippen LogP contribution in [0.2, 0.25) is 0 Å². The molecule has 0 saturated carbocycles. The fourth-order valence-electron chi connectivity index (χ4n) is 4.18. The van der Waals surface area contributed by atoms with Crippen LogP contribution in [0.5, 0.6) is 0 Å². The minimum atomic E-state index is 0.208. The number of fused-ring (bicyclic) bond motifs is 1. The highest BCUT2D eigenvalue weighted by molar-refractivity contribution is 5.94. The first-order valence-corrected chi connectivity index (χ1v) is 10.3. The lowest BCUT2D eigenvalue weighted by atomic mass is 10.0. The molecule has 4 heteroatoms. The molecule has 2 aromatic rings. The molecule has 1 N–H and O–H groups in total. The molecule has 142 valence electrons. The van der Waals surface area contributed by atoms with Crippen LogP contribution in [0.25, 0.3) is 0 Å². The standard InChI is InChI=1S/C23H29N3O/c27-23(26-18-6-8-19-7-2-3-9-22(19)26)14-15-24-20-10-12-21(13-11-20)25-16-4-1-5-17-25/h2-3,7,9-13,24H,1,4-6,8,14-18H2. The van der Waals surface area contributed by atoms with Crippen LogP contribution in [0.1, 0.15) is 37.7 Å². The number of aryl methyl sites for hydroxylation is 1. The third-order valence-electron chi connectivity index (χ3n) is 5.67. The van der Waals surface area contributed by atoms with Gasteiger partial charge in [-0.3, -0.25) is 4.79 Å². The van der Waals surface area contributed by atoms with Crippen LogP contribution in [0.15, 0.2) is 48.5 Å². The molecular formula is C23H29N3O. The van der Waals surface area contributed by atoms with Crippen molar-refractivity contribution in [3.8, 4) is 0 Å². The van der Waals surface area contributed by atoms with Crippen molar-refractivity contribution in [3.63, 3.8) is 0 Å². The molecule has 0 atom stereocenters. The number of hydrogen-bond acceptors (Lipinski definition) is 3. The molecule has 4 nitrogen and oxygen atoms in total. The van der Waals surface area contributed by atoms with Crippen LogP contribution in [0, 0.1) is 0 Å². The largest absolute Gasteiger partial charge is 0.385 e. The van der Waals surface area contributed by atoms with Gasteiger partial charge >= 0.3 is 0 Å². The molecule has 1 saturated heterocycles. The number of anilines is 3. The Hall–Kier alpha value is -2.49. The van der Waals surface area contributed by atoms with Crippen molar-refractivity contribution in [2.45, 2.75) is 38.5 Å².